The van der Waals surface area contributed by atoms with Crippen LogP contribution < -0.4 is 11.5 Å². The summed E-state index contributed by atoms with van der Waals surface area (Å²) in [5.74, 6) is -0.327. The Morgan fingerprint density at radius 1 is 1.33 bits per heavy atom. The Morgan fingerprint density at radius 3 is 2.00 bits per heavy atom. The number of nitrogens with zero attached hydrogens (tertiary/aromatic N) is 1. The first-order chi connectivity index (χ1) is 5.50. The molecular weight excluding hydrogens is 154 g/mol. The van der Waals surface area contributed by atoms with Gasteiger partial charge in [-0.3, -0.25) is 15.7 Å². The summed E-state index contributed by atoms with van der Waals surface area (Å²) in [6, 6.07) is 0.0324. The van der Waals surface area contributed by atoms with E-state index in [1.807, 2.05) is 13.8 Å². The van der Waals surface area contributed by atoms with E-state index < -0.39 is 0 Å². The Labute approximate surface area is 72.7 Å². The van der Waals surface area contributed by atoms with Gasteiger partial charge in [0.25, 0.3) is 0 Å². The maximum atomic E-state index is 7.17. The van der Waals surface area contributed by atoms with E-state index in [2.05, 4.69) is 0 Å². The second-order valence-corrected chi connectivity index (χ2v) is 2.78. The van der Waals surface area contributed by atoms with Crippen molar-refractivity contribution >= 4 is 11.9 Å². The first-order valence-electron chi connectivity index (χ1n) is 3.98. The highest BCUT2D eigenvalue weighted by Gasteiger charge is 2.16. The molecule has 0 radical (unpaired) electrons. The minimum Gasteiger partial charge on any atom is -0.370 e. The summed E-state index contributed by atoms with van der Waals surface area (Å²) in [6.45, 7) is 3.93. The van der Waals surface area contributed by atoms with E-state index in [4.69, 9.17) is 22.3 Å². The highest BCUT2D eigenvalue weighted by Crippen LogP contribution is 2.04. The van der Waals surface area contributed by atoms with Crippen LogP contribution in [-0.2, 0) is 0 Å². The first kappa shape index (κ1) is 10.7. The van der Waals surface area contributed by atoms with Gasteiger partial charge in [0.05, 0.1) is 0 Å². The lowest BCUT2D eigenvalue weighted by molar-refractivity contribution is 0.422. The zero-order valence-electron chi connectivity index (χ0n) is 7.59. The molecule has 0 fully saturated rings. The molecule has 0 amide bonds. The van der Waals surface area contributed by atoms with Crippen molar-refractivity contribution in [3.05, 3.63) is 0 Å². The minimum absolute atomic E-state index is 0.0324. The average molecular weight is 171 g/mol. The molecule has 0 spiro atoms. The van der Waals surface area contributed by atoms with Crippen molar-refractivity contribution < 1.29 is 0 Å². The second-order valence-electron chi connectivity index (χ2n) is 2.78. The smallest absolute Gasteiger partial charge is 0.195 e. The molecule has 6 N–H and O–H groups in total. The second kappa shape index (κ2) is 4.58. The van der Waals surface area contributed by atoms with Gasteiger partial charge in [0.15, 0.2) is 11.9 Å². The predicted octanol–water partition coefficient (Wildman–Crippen LogP) is 0.264. The van der Waals surface area contributed by atoms with Crippen LogP contribution in [0.2, 0.25) is 0 Å². The molecule has 0 heterocycles. The highest BCUT2D eigenvalue weighted by atomic mass is 15.3. The summed E-state index contributed by atoms with van der Waals surface area (Å²) < 4.78 is 0. The highest BCUT2D eigenvalue weighted by molar-refractivity contribution is 5.94. The summed E-state index contributed by atoms with van der Waals surface area (Å²) >= 11 is 0. The monoisotopic (exact) mass is 171 g/mol. The Morgan fingerprint density at radius 2 is 1.75 bits per heavy atom. The molecule has 0 bridgehead atoms. The molecule has 5 heteroatoms. The maximum absolute atomic E-state index is 7.17. The van der Waals surface area contributed by atoms with Crippen molar-refractivity contribution in [2.75, 3.05) is 0 Å². The largest absolute Gasteiger partial charge is 0.370 e. The predicted molar refractivity (Wildman–Crippen MR) is 50.0 cm³/mol. The van der Waals surface area contributed by atoms with Crippen LogP contribution in [-0.4, -0.2) is 22.9 Å². The Balaban J connectivity index is 4.29. The van der Waals surface area contributed by atoms with Gasteiger partial charge in [-0.2, -0.15) is 0 Å². The quantitative estimate of drug-likeness (QED) is 0.362. The van der Waals surface area contributed by atoms with Crippen molar-refractivity contribution in [2.24, 2.45) is 11.5 Å². The van der Waals surface area contributed by atoms with Crippen LogP contribution in [0.3, 0.4) is 0 Å². The molecule has 0 aliphatic carbocycles. The SMILES string of the molecule is CCCC(C)N(C(=N)N)C(=N)N. The first-order valence-corrected chi connectivity index (χ1v) is 3.98. The molecule has 0 saturated heterocycles. The third-order valence-corrected chi connectivity index (χ3v) is 1.67. The van der Waals surface area contributed by atoms with Gasteiger partial charge in [-0.1, -0.05) is 13.3 Å². The molecule has 0 rings (SSSR count). The molecule has 0 aliphatic rings. The summed E-state index contributed by atoms with van der Waals surface area (Å²) in [5.41, 5.74) is 10.5. The molecule has 1 unspecified atom stereocenters. The van der Waals surface area contributed by atoms with E-state index in [0.29, 0.717) is 0 Å². The minimum atomic E-state index is -0.163. The van der Waals surface area contributed by atoms with Gasteiger partial charge < -0.3 is 11.5 Å². The maximum Gasteiger partial charge on any atom is 0.195 e. The molecule has 1 atom stereocenters. The van der Waals surface area contributed by atoms with Gasteiger partial charge >= 0.3 is 0 Å². The summed E-state index contributed by atoms with van der Waals surface area (Å²) in [6.07, 6.45) is 1.86. The lowest BCUT2D eigenvalue weighted by Crippen LogP contribution is -2.49. The number of rotatable bonds is 3. The van der Waals surface area contributed by atoms with Crippen molar-refractivity contribution in [3.8, 4) is 0 Å². The van der Waals surface area contributed by atoms with Crippen LogP contribution >= 0.6 is 0 Å². The van der Waals surface area contributed by atoms with Gasteiger partial charge in [0, 0.05) is 6.04 Å². The van der Waals surface area contributed by atoms with Crippen molar-refractivity contribution in [1.29, 1.82) is 10.8 Å². The zero-order chi connectivity index (χ0) is 9.72. The van der Waals surface area contributed by atoms with E-state index in [1.165, 1.54) is 4.90 Å². The lowest BCUT2D eigenvalue weighted by Gasteiger charge is -2.27. The third kappa shape index (κ3) is 2.77. The number of nitrogens with one attached hydrogen (secondary N) is 2. The Bertz CT molecular complexity index is 163. The van der Waals surface area contributed by atoms with Crippen LogP contribution in [0.5, 0.6) is 0 Å². The molecule has 0 aromatic rings. The Hall–Kier alpha value is -1.26. The number of guanidine groups is 2. The fourth-order valence-electron chi connectivity index (χ4n) is 1.15. The molecule has 0 aliphatic heterocycles. The van der Waals surface area contributed by atoms with Gasteiger partial charge in [-0.25, -0.2) is 0 Å². The van der Waals surface area contributed by atoms with E-state index in [9.17, 15) is 0 Å². The summed E-state index contributed by atoms with van der Waals surface area (Å²) in [5, 5.41) is 14.3. The normalized spacial score (nSPS) is 12.2. The van der Waals surface area contributed by atoms with Gasteiger partial charge in [0.2, 0.25) is 0 Å². The fraction of sp³-hybridized carbons (Fsp3) is 0.714. The van der Waals surface area contributed by atoms with Crippen LogP contribution in [0.15, 0.2) is 0 Å². The van der Waals surface area contributed by atoms with Crippen LogP contribution in [0.1, 0.15) is 26.7 Å². The standard InChI is InChI=1S/C7H17N5/c1-3-4-5(2)12(6(8)9)7(10)11/h5H,3-4H2,1-2H3,(H3,8,9)(H3,10,11). The van der Waals surface area contributed by atoms with E-state index in [0.717, 1.165) is 12.8 Å². The summed E-state index contributed by atoms with van der Waals surface area (Å²) in [7, 11) is 0. The molecule has 0 aromatic heterocycles. The fourth-order valence-corrected chi connectivity index (χ4v) is 1.15. The van der Waals surface area contributed by atoms with Gasteiger partial charge in [0.1, 0.15) is 0 Å². The summed E-state index contributed by atoms with van der Waals surface area (Å²) in [4.78, 5) is 1.31. The van der Waals surface area contributed by atoms with E-state index >= 15 is 0 Å². The number of hydrogen-bond acceptors (Lipinski definition) is 2. The number of hydrogen-bond donors (Lipinski definition) is 4. The zero-order valence-corrected chi connectivity index (χ0v) is 7.59. The van der Waals surface area contributed by atoms with Gasteiger partial charge in [-0.15, -0.1) is 0 Å². The van der Waals surface area contributed by atoms with Crippen LogP contribution in [0, 0.1) is 10.8 Å². The van der Waals surface area contributed by atoms with Crippen molar-refractivity contribution in [3.63, 3.8) is 0 Å². The molecule has 12 heavy (non-hydrogen) atoms. The van der Waals surface area contributed by atoms with E-state index in [1.54, 1.807) is 0 Å². The topological polar surface area (TPSA) is 103 Å². The molecule has 5 nitrogen and oxygen atoms in total. The third-order valence-electron chi connectivity index (χ3n) is 1.67. The lowest BCUT2D eigenvalue weighted by atomic mass is 10.2. The van der Waals surface area contributed by atoms with Gasteiger partial charge in [-0.05, 0) is 13.3 Å². The number of nitrogens with two attached hydrogens (primary N) is 2. The van der Waals surface area contributed by atoms with Crippen LogP contribution in [0.25, 0.3) is 0 Å². The van der Waals surface area contributed by atoms with Crippen molar-refractivity contribution in [1.82, 2.24) is 4.90 Å². The van der Waals surface area contributed by atoms with E-state index in [-0.39, 0.29) is 18.0 Å². The van der Waals surface area contributed by atoms with Crippen LogP contribution in [0.4, 0.5) is 0 Å². The Kier molecular flexibility index (Phi) is 4.10. The van der Waals surface area contributed by atoms with Crippen molar-refractivity contribution in [2.45, 2.75) is 32.7 Å². The molecule has 0 aromatic carbocycles. The molecular formula is C7H17N5. The average Bonchev–Trinajstić information content (AvgIpc) is 1.85. The molecule has 70 valence electrons. The molecule has 0 saturated carbocycles.